The second-order valence-corrected chi connectivity index (χ2v) is 9.70. The van der Waals surface area contributed by atoms with E-state index in [9.17, 15) is 4.79 Å². The van der Waals surface area contributed by atoms with E-state index < -0.39 is 0 Å². The smallest absolute Gasteiger partial charge is 0.312 e. The van der Waals surface area contributed by atoms with Gasteiger partial charge in [0, 0.05) is 27.0 Å². The van der Waals surface area contributed by atoms with Crippen LogP contribution < -0.4 is 5.32 Å². The third-order valence-electron chi connectivity index (χ3n) is 6.36. The van der Waals surface area contributed by atoms with E-state index in [4.69, 9.17) is 11.6 Å². The number of thiophene rings is 1. The molecule has 1 aliphatic carbocycles. The fraction of sp³-hybridized carbons (Fsp3) is 0.320. The number of hydrogen-bond donors (Lipinski definition) is 1. The highest BCUT2D eigenvalue weighted by molar-refractivity contribution is 7.12. The number of hydrogen-bond acceptors (Lipinski definition) is 2. The molecule has 0 saturated heterocycles. The first-order chi connectivity index (χ1) is 14.6. The molecule has 2 aliphatic rings. The minimum Gasteiger partial charge on any atom is -0.312 e. The van der Waals surface area contributed by atoms with Gasteiger partial charge in [-0.1, -0.05) is 48.0 Å². The molecule has 5 rings (SSSR count). The Balaban J connectivity index is 1.54. The van der Waals surface area contributed by atoms with Gasteiger partial charge in [-0.25, -0.2) is 4.79 Å². The van der Waals surface area contributed by atoms with E-state index in [1.807, 2.05) is 47.4 Å². The monoisotopic (exact) mass is 436 g/mol. The average Bonchev–Trinajstić information content (AvgIpc) is 3.15. The van der Waals surface area contributed by atoms with Crippen LogP contribution in [0.4, 0.5) is 10.5 Å². The van der Waals surface area contributed by atoms with Crippen LogP contribution in [0.3, 0.4) is 0 Å². The second-order valence-electron chi connectivity index (χ2n) is 8.15. The summed E-state index contributed by atoms with van der Waals surface area (Å²) in [7, 11) is 0. The largest absolute Gasteiger partial charge is 0.322 e. The average molecular weight is 437 g/mol. The van der Waals surface area contributed by atoms with Gasteiger partial charge in [0.2, 0.25) is 0 Å². The van der Waals surface area contributed by atoms with Crippen molar-refractivity contribution in [3.63, 3.8) is 0 Å². The highest BCUT2D eigenvalue weighted by atomic mass is 35.5. The topological polar surface area (TPSA) is 32.3 Å². The standard InChI is InChI=1S/C25H25ClN2OS/c1-16-20(26)11-7-12-21(16)27-25(29)28-15-14-19-18-10-5-6-13-22(18)30-24(19)23(28)17-8-3-2-4-9-17/h2-4,7-9,11-12,23H,5-6,10,13-15H2,1H3,(H,27,29). The molecule has 1 unspecified atom stereocenters. The molecule has 1 aliphatic heterocycles. The Morgan fingerprint density at radius 2 is 1.83 bits per heavy atom. The number of carbonyl (C=O) groups excluding carboxylic acids is 1. The molecule has 30 heavy (non-hydrogen) atoms. The van der Waals surface area contributed by atoms with Gasteiger partial charge in [-0.05, 0) is 73.4 Å². The highest BCUT2D eigenvalue weighted by Gasteiger charge is 2.36. The molecule has 2 aromatic carbocycles. The Bertz CT molecular complexity index is 1090. The van der Waals surface area contributed by atoms with Crippen LogP contribution in [0.2, 0.25) is 5.02 Å². The second kappa shape index (κ2) is 8.09. The molecule has 5 heteroatoms. The van der Waals surface area contributed by atoms with E-state index in [1.54, 1.807) is 10.4 Å². The maximum absolute atomic E-state index is 13.4. The number of fused-ring (bicyclic) bond motifs is 3. The molecule has 0 spiro atoms. The molecule has 0 radical (unpaired) electrons. The summed E-state index contributed by atoms with van der Waals surface area (Å²) < 4.78 is 0. The Morgan fingerprint density at radius 1 is 1.03 bits per heavy atom. The molecule has 154 valence electrons. The van der Waals surface area contributed by atoms with E-state index in [0.29, 0.717) is 5.02 Å². The molecule has 1 N–H and O–H groups in total. The van der Waals surface area contributed by atoms with Crippen molar-refractivity contribution in [2.75, 3.05) is 11.9 Å². The van der Waals surface area contributed by atoms with Crippen LogP contribution >= 0.6 is 22.9 Å². The first kappa shape index (κ1) is 19.7. The summed E-state index contributed by atoms with van der Waals surface area (Å²) >= 11 is 8.20. The third kappa shape index (κ3) is 3.42. The van der Waals surface area contributed by atoms with Gasteiger partial charge in [0.25, 0.3) is 0 Å². The summed E-state index contributed by atoms with van der Waals surface area (Å²) in [5, 5.41) is 3.79. The zero-order valence-corrected chi connectivity index (χ0v) is 18.7. The predicted octanol–water partition coefficient (Wildman–Crippen LogP) is 6.77. The Hall–Kier alpha value is -2.30. The van der Waals surface area contributed by atoms with Gasteiger partial charge in [0.05, 0.1) is 6.04 Å². The SMILES string of the molecule is Cc1c(Cl)cccc1NC(=O)N1CCc2c(sc3c2CCCC3)C1c1ccccc1. The Morgan fingerprint density at radius 3 is 2.67 bits per heavy atom. The molecule has 2 amide bonds. The maximum Gasteiger partial charge on any atom is 0.322 e. The lowest BCUT2D eigenvalue weighted by atomic mass is 9.88. The maximum atomic E-state index is 13.4. The fourth-order valence-electron chi connectivity index (χ4n) is 4.77. The minimum atomic E-state index is -0.0637. The molecule has 1 atom stereocenters. The molecule has 2 heterocycles. The van der Waals surface area contributed by atoms with Crippen LogP contribution in [0, 0.1) is 6.92 Å². The van der Waals surface area contributed by atoms with Gasteiger partial charge >= 0.3 is 6.03 Å². The molecule has 1 aromatic heterocycles. The summed E-state index contributed by atoms with van der Waals surface area (Å²) in [4.78, 5) is 18.3. The van der Waals surface area contributed by atoms with E-state index in [0.717, 1.165) is 24.2 Å². The van der Waals surface area contributed by atoms with Gasteiger partial charge in [-0.3, -0.25) is 0 Å². The van der Waals surface area contributed by atoms with Crippen molar-refractivity contribution in [3.05, 3.63) is 85.6 Å². The number of aryl methyl sites for hydroxylation is 1. The van der Waals surface area contributed by atoms with Gasteiger partial charge in [0.15, 0.2) is 0 Å². The van der Waals surface area contributed by atoms with Crippen LogP contribution in [0.15, 0.2) is 48.5 Å². The lowest BCUT2D eigenvalue weighted by Gasteiger charge is -2.36. The Kier molecular flexibility index (Phi) is 5.30. The number of amides is 2. The van der Waals surface area contributed by atoms with Crippen LogP contribution in [-0.2, 0) is 19.3 Å². The number of rotatable bonds is 2. The molecular formula is C25H25ClN2OS. The number of urea groups is 1. The number of halogens is 1. The molecule has 0 saturated carbocycles. The normalized spacial score (nSPS) is 17.9. The molecule has 0 bridgehead atoms. The van der Waals surface area contributed by atoms with Gasteiger partial charge < -0.3 is 10.2 Å². The van der Waals surface area contributed by atoms with Crippen molar-refractivity contribution < 1.29 is 4.79 Å². The van der Waals surface area contributed by atoms with Crippen molar-refractivity contribution in [3.8, 4) is 0 Å². The molecular weight excluding hydrogens is 412 g/mol. The number of benzene rings is 2. The lowest BCUT2D eigenvalue weighted by Crippen LogP contribution is -2.42. The quantitative estimate of drug-likeness (QED) is 0.472. The number of nitrogens with one attached hydrogen (secondary N) is 1. The first-order valence-corrected chi connectivity index (χ1v) is 11.8. The molecule has 3 nitrogen and oxygen atoms in total. The van der Waals surface area contributed by atoms with Crippen LogP contribution in [0.25, 0.3) is 0 Å². The van der Waals surface area contributed by atoms with E-state index in [2.05, 4.69) is 29.6 Å². The summed E-state index contributed by atoms with van der Waals surface area (Å²) in [6.45, 7) is 2.66. The third-order valence-corrected chi connectivity index (χ3v) is 8.16. The summed E-state index contributed by atoms with van der Waals surface area (Å²) in [5.74, 6) is 0. The van der Waals surface area contributed by atoms with E-state index >= 15 is 0 Å². The van der Waals surface area contributed by atoms with E-state index in [-0.39, 0.29) is 12.1 Å². The van der Waals surface area contributed by atoms with E-state index in [1.165, 1.54) is 41.7 Å². The van der Waals surface area contributed by atoms with Gasteiger partial charge in [0.1, 0.15) is 0 Å². The summed E-state index contributed by atoms with van der Waals surface area (Å²) in [5.41, 5.74) is 5.93. The van der Waals surface area contributed by atoms with Crippen molar-refractivity contribution >= 4 is 34.7 Å². The van der Waals surface area contributed by atoms with Crippen molar-refractivity contribution in [2.45, 2.75) is 45.1 Å². The van der Waals surface area contributed by atoms with Crippen LogP contribution in [-0.4, -0.2) is 17.5 Å². The number of anilines is 1. The summed E-state index contributed by atoms with van der Waals surface area (Å²) in [6, 6.07) is 16.0. The fourth-order valence-corrected chi connectivity index (χ4v) is 6.52. The molecule has 3 aromatic rings. The highest BCUT2D eigenvalue weighted by Crippen LogP contribution is 2.45. The predicted molar refractivity (Wildman–Crippen MR) is 125 cm³/mol. The zero-order valence-electron chi connectivity index (χ0n) is 17.1. The number of nitrogens with zero attached hydrogens (tertiary/aromatic N) is 1. The van der Waals surface area contributed by atoms with Crippen molar-refractivity contribution in [2.24, 2.45) is 0 Å². The Labute approximate surface area is 186 Å². The molecule has 0 fully saturated rings. The van der Waals surface area contributed by atoms with Crippen LogP contribution in [0.5, 0.6) is 0 Å². The van der Waals surface area contributed by atoms with Gasteiger partial charge in [-0.2, -0.15) is 0 Å². The minimum absolute atomic E-state index is 0.0370. The summed E-state index contributed by atoms with van der Waals surface area (Å²) in [6.07, 6.45) is 5.87. The lowest BCUT2D eigenvalue weighted by molar-refractivity contribution is 0.195. The van der Waals surface area contributed by atoms with Crippen LogP contribution in [0.1, 0.15) is 50.9 Å². The number of carbonyl (C=O) groups is 1. The van der Waals surface area contributed by atoms with Crippen molar-refractivity contribution in [1.29, 1.82) is 0 Å². The first-order valence-electron chi connectivity index (χ1n) is 10.6. The van der Waals surface area contributed by atoms with Gasteiger partial charge in [-0.15, -0.1) is 11.3 Å². The van der Waals surface area contributed by atoms with Crippen molar-refractivity contribution in [1.82, 2.24) is 4.90 Å². The zero-order chi connectivity index (χ0) is 20.7.